The molecule has 78 valence electrons. The third-order valence-electron chi connectivity index (χ3n) is 2.47. The van der Waals surface area contributed by atoms with Gasteiger partial charge in [0, 0.05) is 23.8 Å². The van der Waals surface area contributed by atoms with Gasteiger partial charge in [0.05, 0.1) is 12.6 Å². The molecular weight excluding hydrogens is 188 g/mol. The quantitative estimate of drug-likeness (QED) is 0.751. The van der Waals surface area contributed by atoms with Gasteiger partial charge in [-0.15, -0.1) is 0 Å². The van der Waals surface area contributed by atoms with E-state index in [0.29, 0.717) is 11.8 Å². The third-order valence-corrected chi connectivity index (χ3v) is 2.47. The number of ether oxygens (including phenoxy) is 1. The van der Waals surface area contributed by atoms with Crippen molar-refractivity contribution in [3.8, 4) is 5.88 Å². The second-order valence-corrected chi connectivity index (χ2v) is 3.80. The summed E-state index contributed by atoms with van der Waals surface area (Å²) >= 11 is 0. The fraction of sp³-hybridized carbons (Fsp3) is 0.333. The number of pyridine rings is 2. The molecule has 0 fully saturated rings. The first kappa shape index (κ1) is 9.90. The highest BCUT2D eigenvalue weighted by Crippen LogP contribution is 2.24. The first-order chi connectivity index (χ1) is 7.22. The molecule has 2 rings (SSSR count). The summed E-state index contributed by atoms with van der Waals surface area (Å²) in [6.07, 6.45) is 3.66. The van der Waals surface area contributed by atoms with Crippen molar-refractivity contribution in [2.45, 2.75) is 19.8 Å². The minimum atomic E-state index is 0.477. The summed E-state index contributed by atoms with van der Waals surface area (Å²) in [7, 11) is 1.61. The Morgan fingerprint density at radius 2 is 2.07 bits per heavy atom. The van der Waals surface area contributed by atoms with Gasteiger partial charge in [-0.25, -0.2) is 4.98 Å². The van der Waals surface area contributed by atoms with E-state index in [0.717, 1.165) is 10.9 Å². The fourth-order valence-corrected chi connectivity index (χ4v) is 1.66. The topological polar surface area (TPSA) is 35.0 Å². The van der Waals surface area contributed by atoms with E-state index in [4.69, 9.17) is 4.74 Å². The van der Waals surface area contributed by atoms with Gasteiger partial charge in [-0.05, 0) is 17.5 Å². The second kappa shape index (κ2) is 3.85. The van der Waals surface area contributed by atoms with Gasteiger partial charge in [0.15, 0.2) is 0 Å². The van der Waals surface area contributed by atoms with Crippen LogP contribution < -0.4 is 4.74 Å². The fourth-order valence-electron chi connectivity index (χ4n) is 1.66. The molecule has 0 N–H and O–H groups in total. The van der Waals surface area contributed by atoms with Crippen LogP contribution in [0.2, 0.25) is 0 Å². The molecule has 0 amide bonds. The first-order valence-electron chi connectivity index (χ1n) is 5.01. The van der Waals surface area contributed by atoms with Crippen LogP contribution in [0.25, 0.3) is 10.9 Å². The summed E-state index contributed by atoms with van der Waals surface area (Å²) in [6, 6.07) is 3.91. The SMILES string of the molecule is COc1cc2nccc(C(C)C)c2cn1. The van der Waals surface area contributed by atoms with Crippen molar-refractivity contribution in [2.24, 2.45) is 0 Å². The highest BCUT2D eigenvalue weighted by molar-refractivity contribution is 5.82. The largest absolute Gasteiger partial charge is 0.481 e. The predicted molar refractivity (Wildman–Crippen MR) is 60.2 cm³/mol. The molecule has 3 heteroatoms. The normalized spacial score (nSPS) is 10.9. The molecule has 0 atom stereocenters. The van der Waals surface area contributed by atoms with Crippen molar-refractivity contribution < 1.29 is 4.74 Å². The van der Waals surface area contributed by atoms with Gasteiger partial charge in [-0.1, -0.05) is 13.8 Å². The third kappa shape index (κ3) is 1.77. The smallest absolute Gasteiger partial charge is 0.215 e. The Labute approximate surface area is 89.1 Å². The summed E-state index contributed by atoms with van der Waals surface area (Å²) in [5, 5.41) is 1.10. The molecule has 0 aliphatic heterocycles. The van der Waals surface area contributed by atoms with Gasteiger partial charge in [0.2, 0.25) is 5.88 Å². The van der Waals surface area contributed by atoms with Crippen molar-refractivity contribution in [1.29, 1.82) is 0 Å². The lowest BCUT2D eigenvalue weighted by Crippen LogP contribution is -1.93. The Balaban J connectivity index is 2.67. The lowest BCUT2D eigenvalue weighted by Gasteiger charge is -2.09. The van der Waals surface area contributed by atoms with Crippen LogP contribution in [0.15, 0.2) is 24.5 Å². The standard InChI is InChI=1S/C12H14N2O/c1-8(2)9-4-5-13-11-6-12(15-3)14-7-10(9)11/h4-8H,1-3H3. The van der Waals surface area contributed by atoms with Crippen LogP contribution in [0.1, 0.15) is 25.3 Å². The number of fused-ring (bicyclic) bond motifs is 1. The zero-order chi connectivity index (χ0) is 10.8. The van der Waals surface area contributed by atoms with Crippen LogP contribution in [-0.2, 0) is 0 Å². The molecule has 0 aromatic carbocycles. The molecule has 0 bridgehead atoms. The summed E-state index contributed by atoms with van der Waals surface area (Å²) in [5.41, 5.74) is 2.21. The van der Waals surface area contributed by atoms with E-state index < -0.39 is 0 Å². The summed E-state index contributed by atoms with van der Waals surface area (Å²) in [5.74, 6) is 1.08. The molecule has 0 spiro atoms. The number of hydrogen-bond donors (Lipinski definition) is 0. The Morgan fingerprint density at radius 3 is 2.73 bits per heavy atom. The highest BCUT2D eigenvalue weighted by atomic mass is 16.5. The van der Waals surface area contributed by atoms with E-state index in [1.807, 2.05) is 24.5 Å². The summed E-state index contributed by atoms with van der Waals surface area (Å²) in [4.78, 5) is 8.52. The molecule has 0 saturated carbocycles. The zero-order valence-electron chi connectivity index (χ0n) is 9.19. The van der Waals surface area contributed by atoms with Crippen molar-refractivity contribution in [2.75, 3.05) is 7.11 Å². The number of rotatable bonds is 2. The van der Waals surface area contributed by atoms with Crippen molar-refractivity contribution in [3.05, 3.63) is 30.1 Å². The minimum absolute atomic E-state index is 0.477. The van der Waals surface area contributed by atoms with E-state index in [1.165, 1.54) is 5.56 Å². The van der Waals surface area contributed by atoms with E-state index in [9.17, 15) is 0 Å². The molecule has 2 heterocycles. The second-order valence-electron chi connectivity index (χ2n) is 3.80. The average molecular weight is 202 g/mol. The van der Waals surface area contributed by atoms with Crippen LogP contribution in [0.5, 0.6) is 5.88 Å². The number of aromatic nitrogens is 2. The van der Waals surface area contributed by atoms with E-state index in [-0.39, 0.29) is 0 Å². The van der Waals surface area contributed by atoms with Crippen LogP contribution in [0.3, 0.4) is 0 Å². The number of nitrogens with zero attached hydrogens (tertiary/aromatic N) is 2. The molecule has 3 nitrogen and oxygen atoms in total. The molecule has 0 aliphatic carbocycles. The average Bonchev–Trinajstić information content (AvgIpc) is 2.27. The van der Waals surface area contributed by atoms with Gasteiger partial charge < -0.3 is 4.74 Å². The molecule has 0 unspecified atom stereocenters. The van der Waals surface area contributed by atoms with E-state index >= 15 is 0 Å². The molecule has 0 aliphatic rings. The van der Waals surface area contributed by atoms with Gasteiger partial charge in [0.1, 0.15) is 0 Å². The lowest BCUT2D eigenvalue weighted by molar-refractivity contribution is 0.398. The van der Waals surface area contributed by atoms with E-state index in [1.54, 1.807) is 7.11 Å². The Hall–Kier alpha value is -1.64. The molecule has 0 radical (unpaired) electrons. The summed E-state index contributed by atoms with van der Waals surface area (Å²) in [6.45, 7) is 4.33. The Kier molecular flexibility index (Phi) is 2.54. The summed E-state index contributed by atoms with van der Waals surface area (Å²) < 4.78 is 5.07. The van der Waals surface area contributed by atoms with Crippen molar-refractivity contribution in [3.63, 3.8) is 0 Å². The zero-order valence-corrected chi connectivity index (χ0v) is 9.19. The van der Waals surface area contributed by atoms with Crippen LogP contribution >= 0.6 is 0 Å². The van der Waals surface area contributed by atoms with Crippen molar-refractivity contribution in [1.82, 2.24) is 9.97 Å². The predicted octanol–water partition coefficient (Wildman–Crippen LogP) is 2.76. The highest BCUT2D eigenvalue weighted by Gasteiger charge is 2.06. The molecule has 15 heavy (non-hydrogen) atoms. The van der Waals surface area contributed by atoms with Gasteiger partial charge in [-0.3, -0.25) is 4.98 Å². The van der Waals surface area contributed by atoms with Crippen LogP contribution in [0.4, 0.5) is 0 Å². The van der Waals surface area contributed by atoms with Crippen LogP contribution in [0, 0.1) is 0 Å². The maximum atomic E-state index is 5.07. The number of hydrogen-bond acceptors (Lipinski definition) is 3. The van der Waals surface area contributed by atoms with Gasteiger partial charge in [0.25, 0.3) is 0 Å². The molecule has 2 aromatic heterocycles. The molecule has 0 saturated heterocycles. The van der Waals surface area contributed by atoms with E-state index in [2.05, 4.69) is 23.8 Å². The lowest BCUT2D eigenvalue weighted by atomic mass is 10.0. The Bertz CT molecular complexity index is 480. The van der Waals surface area contributed by atoms with Gasteiger partial charge in [-0.2, -0.15) is 0 Å². The molecular formula is C12H14N2O. The Morgan fingerprint density at radius 1 is 1.27 bits per heavy atom. The molecule has 2 aromatic rings. The maximum absolute atomic E-state index is 5.07. The number of methoxy groups -OCH3 is 1. The van der Waals surface area contributed by atoms with Gasteiger partial charge >= 0.3 is 0 Å². The first-order valence-corrected chi connectivity index (χ1v) is 5.01. The maximum Gasteiger partial charge on any atom is 0.215 e. The monoisotopic (exact) mass is 202 g/mol. The van der Waals surface area contributed by atoms with Crippen molar-refractivity contribution >= 4 is 10.9 Å². The van der Waals surface area contributed by atoms with Crippen LogP contribution in [-0.4, -0.2) is 17.1 Å². The minimum Gasteiger partial charge on any atom is -0.481 e.